The van der Waals surface area contributed by atoms with E-state index < -0.39 is 12.0 Å². The van der Waals surface area contributed by atoms with Crippen molar-refractivity contribution in [2.45, 2.75) is 13.0 Å². The number of aromatic amines is 1. The van der Waals surface area contributed by atoms with E-state index >= 15 is 0 Å². The third-order valence-electron chi connectivity index (χ3n) is 3.27. The summed E-state index contributed by atoms with van der Waals surface area (Å²) >= 11 is 0. The predicted octanol–water partition coefficient (Wildman–Crippen LogP) is 2.68. The van der Waals surface area contributed by atoms with Gasteiger partial charge in [-0.15, -0.1) is 0 Å². The van der Waals surface area contributed by atoms with Crippen LogP contribution in [0.2, 0.25) is 0 Å². The number of carbonyl (C=O) groups is 1. The van der Waals surface area contributed by atoms with Crippen LogP contribution in [0, 0.1) is 0 Å². The number of para-hydroxylation sites is 1. The summed E-state index contributed by atoms with van der Waals surface area (Å²) in [6.07, 6.45) is 5.27. The van der Waals surface area contributed by atoms with Gasteiger partial charge in [-0.2, -0.15) is 0 Å². The molecule has 0 saturated heterocycles. The number of H-pyrrole nitrogens is 1. The number of nitrogens with zero attached hydrogens (tertiary/aromatic N) is 2. The standard InChI is InChI=1S/C14H13N3O2/c1-9(14(18)19)17-8-11(13-15-6-7-16-13)10-4-2-3-5-12(10)17/h2-9H,1H3,(H,15,16)(H,18,19). The van der Waals surface area contributed by atoms with Crippen LogP contribution >= 0.6 is 0 Å². The minimum Gasteiger partial charge on any atom is -0.480 e. The van der Waals surface area contributed by atoms with Gasteiger partial charge >= 0.3 is 5.97 Å². The lowest BCUT2D eigenvalue weighted by Gasteiger charge is -2.09. The topological polar surface area (TPSA) is 70.9 Å². The number of nitrogens with one attached hydrogen (secondary N) is 1. The van der Waals surface area contributed by atoms with Crippen molar-refractivity contribution < 1.29 is 9.90 Å². The minimum absolute atomic E-state index is 0.617. The molecule has 0 spiro atoms. The lowest BCUT2D eigenvalue weighted by molar-refractivity contribution is -0.140. The molecule has 3 aromatic rings. The summed E-state index contributed by atoms with van der Waals surface area (Å²) in [4.78, 5) is 18.5. The lowest BCUT2D eigenvalue weighted by atomic mass is 10.2. The molecule has 5 nitrogen and oxygen atoms in total. The molecule has 19 heavy (non-hydrogen) atoms. The molecule has 0 bridgehead atoms. The van der Waals surface area contributed by atoms with Gasteiger partial charge in [0.25, 0.3) is 0 Å². The summed E-state index contributed by atoms with van der Waals surface area (Å²) in [6.45, 7) is 1.67. The highest BCUT2D eigenvalue weighted by Gasteiger charge is 2.18. The van der Waals surface area contributed by atoms with Gasteiger partial charge in [0.15, 0.2) is 0 Å². The molecule has 2 heterocycles. The molecule has 2 aromatic heterocycles. The molecule has 0 aliphatic heterocycles. The molecular formula is C14H13N3O2. The zero-order valence-electron chi connectivity index (χ0n) is 10.4. The van der Waals surface area contributed by atoms with Crippen molar-refractivity contribution >= 4 is 16.9 Å². The summed E-state index contributed by atoms with van der Waals surface area (Å²) < 4.78 is 1.76. The molecule has 0 fully saturated rings. The summed E-state index contributed by atoms with van der Waals surface area (Å²) in [7, 11) is 0. The number of imidazole rings is 1. The third-order valence-corrected chi connectivity index (χ3v) is 3.27. The van der Waals surface area contributed by atoms with Crippen LogP contribution in [0.25, 0.3) is 22.3 Å². The Bertz CT molecular complexity index is 728. The van der Waals surface area contributed by atoms with Crippen LogP contribution in [0.5, 0.6) is 0 Å². The van der Waals surface area contributed by atoms with Crippen molar-refractivity contribution in [3.63, 3.8) is 0 Å². The number of aliphatic carboxylic acids is 1. The molecule has 2 N–H and O–H groups in total. The van der Waals surface area contributed by atoms with Crippen LogP contribution in [0.4, 0.5) is 0 Å². The molecule has 0 aliphatic carbocycles. The maximum Gasteiger partial charge on any atom is 0.326 e. The molecule has 1 aromatic carbocycles. The van der Waals surface area contributed by atoms with Crippen molar-refractivity contribution in [1.82, 2.24) is 14.5 Å². The van der Waals surface area contributed by atoms with E-state index in [4.69, 9.17) is 0 Å². The number of carboxylic acids is 1. The molecular weight excluding hydrogens is 242 g/mol. The zero-order valence-corrected chi connectivity index (χ0v) is 10.4. The molecule has 5 heteroatoms. The Morgan fingerprint density at radius 2 is 2.21 bits per heavy atom. The molecule has 96 valence electrons. The molecule has 1 atom stereocenters. The van der Waals surface area contributed by atoms with Crippen molar-refractivity contribution in [1.29, 1.82) is 0 Å². The van der Waals surface area contributed by atoms with E-state index in [9.17, 15) is 9.90 Å². The highest BCUT2D eigenvalue weighted by atomic mass is 16.4. The van der Waals surface area contributed by atoms with Gasteiger partial charge in [0.05, 0.1) is 0 Å². The van der Waals surface area contributed by atoms with Crippen LogP contribution in [0.3, 0.4) is 0 Å². The second-order valence-electron chi connectivity index (χ2n) is 4.42. The zero-order chi connectivity index (χ0) is 13.4. The third kappa shape index (κ3) is 1.79. The average Bonchev–Trinajstić information content (AvgIpc) is 3.04. The number of hydrogen-bond acceptors (Lipinski definition) is 2. The first kappa shape index (κ1) is 11.5. The number of hydrogen-bond donors (Lipinski definition) is 2. The highest BCUT2D eigenvalue weighted by Crippen LogP contribution is 2.30. The van der Waals surface area contributed by atoms with E-state index in [2.05, 4.69) is 9.97 Å². The fourth-order valence-corrected chi connectivity index (χ4v) is 2.25. The smallest absolute Gasteiger partial charge is 0.326 e. The normalized spacial score (nSPS) is 12.7. The summed E-state index contributed by atoms with van der Waals surface area (Å²) in [5.74, 6) is -0.112. The number of aromatic nitrogens is 3. The summed E-state index contributed by atoms with van der Waals surface area (Å²) in [6, 6.07) is 7.11. The Balaban J connectivity index is 2.28. The van der Waals surface area contributed by atoms with Gasteiger partial charge in [0.2, 0.25) is 0 Å². The first-order chi connectivity index (χ1) is 9.18. The van der Waals surface area contributed by atoms with Gasteiger partial charge in [0.1, 0.15) is 11.9 Å². The Morgan fingerprint density at radius 1 is 1.42 bits per heavy atom. The van der Waals surface area contributed by atoms with E-state index in [1.54, 1.807) is 23.9 Å². The van der Waals surface area contributed by atoms with Gasteiger partial charge in [-0.25, -0.2) is 9.78 Å². The maximum atomic E-state index is 11.2. The number of fused-ring (bicyclic) bond motifs is 1. The maximum absolute atomic E-state index is 11.2. The van der Waals surface area contributed by atoms with Gasteiger partial charge in [0, 0.05) is 35.1 Å². The quantitative estimate of drug-likeness (QED) is 0.755. The largest absolute Gasteiger partial charge is 0.480 e. The predicted molar refractivity (Wildman–Crippen MR) is 71.9 cm³/mol. The molecule has 1 unspecified atom stereocenters. The van der Waals surface area contributed by atoms with Crippen LogP contribution in [-0.2, 0) is 4.79 Å². The van der Waals surface area contributed by atoms with Crippen molar-refractivity contribution in [2.75, 3.05) is 0 Å². The Kier molecular flexibility index (Phi) is 2.59. The van der Waals surface area contributed by atoms with E-state index in [1.165, 1.54) is 0 Å². The summed E-state index contributed by atoms with van der Waals surface area (Å²) in [5, 5.41) is 10.2. The van der Waals surface area contributed by atoms with Crippen molar-refractivity contribution in [3.05, 3.63) is 42.9 Å². The lowest BCUT2D eigenvalue weighted by Crippen LogP contribution is -2.14. The van der Waals surface area contributed by atoms with Gasteiger partial charge in [-0.1, -0.05) is 18.2 Å². The van der Waals surface area contributed by atoms with Crippen LogP contribution < -0.4 is 0 Å². The minimum atomic E-state index is -0.855. The number of carboxylic acid groups (broad SMARTS) is 1. The van der Waals surface area contributed by atoms with Gasteiger partial charge in [-0.05, 0) is 13.0 Å². The SMILES string of the molecule is CC(C(=O)O)n1cc(-c2ncc[nH]2)c2ccccc21. The average molecular weight is 255 g/mol. The fraction of sp³-hybridized carbons (Fsp3) is 0.143. The molecule has 0 saturated carbocycles. The van der Waals surface area contributed by atoms with Crippen molar-refractivity contribution in [2.24, 2.45) is 0 Å². The molecule has 3 rings (SSSR count). The van der Waals surface area contributed by atoms with Crippen LogP contribution in [-0.4, -0.2) is 25.6 Å². The summed E-state index contributed by atoms with van der Waals surface area (Å²) in [5.41, 5.74) is 1.80. The Labute approximate surface area is 109 Å². The van der Waals surface area contributed by atoms with E-state index in [1.807, 2.05) is 30.5 Å². The van der Waals surface area contributed by atoms with Crippen LogP contribution in [0.1, 0.15) is 13.0 Å². The molecule has 0 aliphatic rings. The first-order valence-electron chi connectivity index (χ1n) is 6.00. The fourth-order valence-electron chi connectivity index (χ4n) is 2.25. The second kappa shape index (κ2) is 4.28. The monoisotopic (exact) mass is 255 g/mol. The highest BCUT2D eigenvalue weighted by molar-refractivity contribution is 5.95. The Hall–Kier alpha value is -2.56. The van der Waals surface area contributed by atoms with Crippen molar-refractivity contribution in [3.8, 4) is 11.4 Å². The van der Waals surface area contributed by atoms with E-state index in [0.717, 1.165) is 22.3 Å². The molecule has 0 amide bonds. The second-order valence-corrected chi connectivity index (χ2v) is 4.42. The Morgan fingerprint density at radius 3 is 2.89 bits per heavy atom. The molecule has 0 radical (unpaired) electrons. The van der Waals surface area contributed by atoms with E-state index in [-0.39, 0.29) is 0 Å². The van der Waals surface area contributed by atoms with Gasteiger partial charge < -0.3 is 14.7 Å². The number of benzene rings is 1. The number of rotatable bonds is 3. The van der Waals surface area contributed by atoms with Gasteiger partial charge in [-0.3, -0.25) is 0 Å². The van der Waals surface area contributed by atoms with Crippen LogP contribution in [0.15, 0.2) is 42.9 Å². The first-order valence-corrected chi connectivity index (χ1v) is 6.00. The van der Waals surface area contributed by atoms with E-state index in [0.29, 0.717) is 0 Å².